The number of fused-ring (bicyclic) bond motifs is 3. The molecular weight excluding hydrogens is 826 g/mol. The zero-order chi connectivity index (χ0) is 45.1. The maximum Gasteiger partial charge on any atom is 0.416 e. The standard InChI is InChI=1S/C45H57F3N6O9/c1-5-61-41(60)31-16-28(45(46,47)48)6-7-30(31)27-10-14-52(15-11-27)40(59)36(26(2)62-24-43-12-8-29(9-13-43)63-25-43)51-37(56)33-20-53(39(58)34-18-50-35(55)19-49-34)21-44(33)22-54(23-44)38(57)32-17-42(32,3)4/h6-7,16,18-19,26-27,29,32-33,36H,5,8-15,17,20-25H2,1-4H3,(H,50,55)(H,51,56)/t26-,29?,32-,33+,36+,43?/m1/s1. The number of alkyl halides is 3. The largest absolute Gasteiger partial charge is 0.492 e. The number of benzene rings is 1. The maximum atomic E-state index is 14.8. The second kappa shape index (κ2) is 16.9. The molecule has 4 amide bonds. The van der Waals surface area contributed by atoms with Gasteiger partial charge in [-0.25, -0.2) is 14.8 Å². The molecule has 1 spiro atoms. The van der Waals surface area contributed by atoms with Crippen LogP contribution in [0, 0.1) is 28.1 Å². The number of nitrogens with one attached hydrogen (secondary N) is 1. The third-order valence-electron chi connectivity index (χ3n) is 14.7. The Morgan fingerprint density at radius 3 is 2.24 bits per heavy atom. The second-order valence-corrected chi connectivity index (χ2v) is 19.4. The van der Waals surface area contributed by atoms with Crippen molar-refractivity contribution in [3.8, 4) is 5.88 Å². The smallest absolute Gasteiger partial charge is 0.416 e. The van der Waals surface area contributed by atoms with Crippen molar-refractivity contribution in [3.63, 3.8) is 0 Å². The average Bonchev–Trinajstić information content (AvgIpc) is 3.71. The molecule has 1 aromatic carbocycles. The minimum atomic E-state index is -4.66. The number of esters is 1. The molecule has 0 radical (unpaired) electrons. The summed E-state index contributed by atoms with van der Waals surface area (Å²) < 4.78 is 58.7. The third kappa shape index (κ3) is 8.98. The van der Waals surface area contributed by atoms with E-state index in [0.29, 0.717) is 31.6 Å². The molecule has 2 bridgehead atoms. The molecule has 15 nitrogen and oxygen atoms in total. The third-order valence-corrected chi connectivity index (χ3v) is 14.7. The van der Waals surface area contributed by atoms with Crippen LogP contribution in [0.15, 0.2) is 30.6 Å². The lowest BCUT2D eigenvalue weighted by Gasteiger charge is -2.50. The van der Waals surface area contributed by atoms with E-state index in [1.807, 2.05) is 13.8 Å². The van der Waals surface area contributed by atoms with Crippen LogP contribution in [0.3, 0.4) is 0 Å². The van der Waals surface area contributed by atoms with Gasteiger partial charge in [0.05, 0.1) is 61.5 Å². The van der Waals surface area contributed by atoms with Crippen LogP contribution in [0.2, 0.25) is 0 Å². The number of nitrogens with zero attached hydrogens (tertiary/aromatic N) is 5. The molecule has 6 heterocycles. The number of carbonyl (C=O) groups excluding carboxylic acids is 5. The number of hydrogen-bond donors (Lipinski definition) is 2. The Morgan fingerprint density at radius 1 is 0.968 bits per heavy atom. The fourth-order valence-corrected chi connectivity index (χ4v) is 10.5. The Hall–Kier alpha value is -4.84. The van der Waals surface area contributed by atoms with Crippen molar-refractivity contribution in [1.82, 2.24) is 30.0 Å². The van der Waals surface area contributed by atoms with Gasteiger partial charge in [-0.15, -0.1) is 0 Å². The number of piperidine rings is 1. The summed E-state index contributed by atoms with van der Waals surface area (Å²) in [5.74, 6) is -3.79. The van der Waals surface area contributed by atoms with E-state index in [1.54, 1.807) is 23.6 Å². The molecule has 2 aromatic rings. The van der Waals surface area contributed by atoms with Crippen LogP contribution in [-0.4, -0.2) is 137 Å². The summed E-state index contributed by atoms with van der Waals surface area (Å²) in [6, 6.07) is 1.95. The van der Waals surface area contributed by atoms with Crippen molar-refractivity contribution < 1.29 is 56.5 Å². The van der Waals surface area contributed by atoms with E-state index >= 15 is 0 Å². The highest BCUT2D eigenvalue weighted by atomic mass is 19.4. The maximum absolute atomic E-state index is 14.8. The first kappa shape index (κ1) is 44.8. The van der Waals surface area contributed by atoms with Gasteiger partial charge in [0.15, 0.2) is 0 Å². The number of likely N-dealkylation sites (tertiary alicyclic amines) is 3. The van der Waals surface area contributed by atoms with E-state index in [9.17, 15) is 42.3 Å². The molecule has 4 atom stereocenters. The summed E-state index contributed by atoms with van der Waals surface area (Å²) in [6.07, 6.45) is 2.18. The van der Waals surface area contributed by atoms with Gasteiger partial charge in [-0.3, -0.25) is 19.2 Å². The van der Waals surface area contributed by atoms with Gasteiger partial charge in [0.25, 0.3) is 5.91 Å². The second-order valence-electron chi connectivity index (χ2n) is 19.4. The van der Waals surface area contributed by atoms with E-state index in [1.165, 1.54) is 17.2 Å². The highest BCUT2D eigenvalue weighted by Gasteiger charge is 2.62. The van der Waals surface area contributed by atoms with Gasteiger partial charge in [-0.1, -0.05) is 19.9 Å². The minimum Gasteiger partial charge on any atom is -0.492 e. The van der Waals surface area contributed by atoms with Gasteiger partial charge in [-0.05, 0) is 87.8 Å². The van der Waals surface area contributed by atoms with Gasteiger partial charge in [0.2, 0.25) is 23.6 Å². The number of aromatic nitrogens is 2. The van der Waals surface area contributed by atoms with E-state index in [-0.39, 0.29) is 97.7 Å². The lowest BCUT2D eigenvalue weighted by molar-refractivity contribution is -0.159. The average molecular weight is 883 g/mol. The molecule has 7 fully saturated rings. The van der Waals surface area contributed by atoms with Crippen molar-refractivity contribution in [2.45, 2.75) is 103 Å². The first-order valence-electron chi connectivity index (χ1n) is 22.1. The Morgan fingerprint density at radius 2 is 1.65 bits per heavy atom. The molecule has 7 aliphatic rings. The summed E-state index contributed by atoms with van der Waals surface area (Å²) in [7, 11) is 0. The Balaban J connectivity index is 1.02. The highest BCUT2D eigenvalue weighted by molar-refractivity contribution is 5.95. The van der Waals surface area contributed by atoms with Crippen molar-refractivity contribution in [2.24, 2.45) is 28.1 Å². The van der Waals surface area contributed by atoms with Gasteiger partial charge < -0.3 is 39.3 Å². The fourth-order valence-electron chi connectivity index (χ4n) is 10.5. The molecule has 18 heteroatoms. The van der Waals surface area contributed by atoms with Crippen LogP contribution in [0.5, 0.6) is 5.88 Å². The summed E-state index contributed by atoms with van der Waals surface area (Å²) in [5, 5.41) is 12.7. The first-order chi connectivity index (χ1) is 29.8. The molecule has 2 aliphatic carbocycles. The minimum absolute atomic E-state index is 0.0107. The molecule has 63 heavy (non-hydrogen) atoms. The van der Waals surface area contributed by atoms with Crippen LogP contribution in [-0.2, 0) is 34.8 Å². The molecule has 2 saturated carbocycles. The van der Waals surface area contributed by atoms with Crippen LogP contribution >= 0.6 is 0 Å². The van der Waals surface area contributed by atoms with Crippen molar-refractivity contribution in [1.29, 1.82) is 0 Å². The van der Waals surface area contributed by atoms with Crippen LogP contribution in [0.1, 0.15) is 111 Å². The molecule has 5 saturated heterocycles. The van der Waals surface area contributed by atoms with Gasteiger partial charge in [0, 0.05) is 56.0 Å². The number of ether oxygens (including phenoxy) is 3. The van der Waals surface area contributed by atoms with E-state index in [0.717, 1.165) is 50.4 Å². The molecule has 5 aliphatic heterocycles. The highest BCUT2D eigenvalue weighted by Crippen LogP contribution is 2.55. The molecule has 2 N–H and O–H groups in total. The lowest BCUT2D eigenvalue weighted by Crippen LogP contribution is -2.65. The lowest BCUT2D eigenvalue weighted by atomic mass is 9.70. The number of hydrogen-bond acceptors (Lipinski definition) is 11. The zero-order valence-electron chi connectivity index (χ0n) is 36.2. The van der Waals surface area contributed by atoms with Gasteiger partial charge in [0.1, 0.15) is 11.7 Å². The molecule has 1 aromatic heterocycles. The summed E-state index contributed by atoms with van der Waals surface area (Å²) >= 11 is 0. The first-order valence-corrected chi connectivity index (χ1v) is 22.1. The number of amides is 4. The quantitative estimate of drug-likeness (QED) is 0.285. The monoisotopic (exact) mass is 882 g/mol. The zero-order valence-corrected chi connectivity index (χ0v) is 36.2. The molecule has 9 rings (SSSR count). The number of aromatic hydroxyl groups is 1. The fraction of sp³-hybridized carbons (Fsp3) is 0.667. The summed E-state index contributed by atoms with van der Waals surface area (Å²) in [6.45, 7) is 9.32. The number of halogens is 3. The SMILES string of the molecule is CCOC(=O)c1cc(C(F)(F)F)ccc1C1CCN(C(=O)[C@@H](NC(=O)[C@@H]2CN(C(=O)c3cnc(O)cn3)CC23CN(C(=O)[C@H]2CC2(C)C)C3)[C@@H](C)OCC23CCC(CC2)OC3)CC1. The molecular formula is C45H57F3N6O9. The van der Waals surface area contributed by atoms with Gasteiger partial charge >= 0.3 is 12.1 Å². The normalized spacial score (nSPS) is 27.1. The van der Waals surface area contributed by atoms with E-state index < -0.39 is 58.9 Å². The predicted octanol–water partition coefficient (Wildman–Crippen LogP) is 4.58. The number of rotatable bonds is 12. The van der Waals surface area contributed by atoms with Crippen LogP contribution < -0.4 is 5.32 Å². The Labute approximate surface area is 364 Å². The van der Waals surface area contributed by atoms with E-state index in [2.05, 4.69) is 15.3 Å². The van der Waals surface area contributed by atoms with E-state index in [4.69, 9.17) is 14.2 Å². The molecule has 342 valence electrons. The molecule has 0 unspecified atom stereocenters. The van der Waals surface area contributed by atoms with Crippen LogP contribution in [0.25, 0.3) is 0 Å². The topological polar surface area (TPSA) is 181 Å². The summed E-state index contributed by atoms with van der Waals surface area (Å²) in [5.41, 5.74) is -1.82. The van der Waals surface area contributed by atoms with Gasteiger partial charge in [-0.2, -0.15) is 13.2 Å². The summed E-state index contributed by atoms with van der Waals surface area (Å²) in [4.78, 5) is 82.4. The Kier molecular flexibility index (Phi) is 12.0. The van der Waals surface area contributed by atoms with Crippen molar-refractivity contribution in [2.75, 3.05) is 59.1 Å². The van der Waals surface area contributed by atoms with Crippen molar-refractivity contribution in [3.05, 3.63) is 53.0 Å². The van der Waals surface area contributed by atoms with Crippen LogP contribution in [0.4, 0.5) is 13.2 Å². The Bertz CT molecular complexity index is 2080. The predicted molar refractivity (Wildman–Crippen MR) is 218 cm³/mol. The number of carbonyl (C=O) groups is 5. The van der Waals surface area contributed by atoms with Crippen molar-refractivity contribution >= 4 is 29.6 Å².